The van der Waals surface area contributed by atoms with Crippen molar-refractivity contribution >= 4 is 11.6 Å². The van der Waals surface area contributed by atoms with Crippen LogP contribution < -0.4 is 5.32 Å². The van der Waals surface area contributed by atoms with Gasteiger partial charge < -0.3 is 5.32 Å². The summed E-state index contributed by atoms with van der Waals surface area (Å²) in [5.74, 6) is 0.631. The lowest BCUT2D eigenvalue weighted by Crippen LogP contribution is -2.15. The lowest BCUT2D eigenvalue weighted by molar-refractivity contribution is 0.753. The Kier molecular flexibility index (Phi) is 3.09. The lowest BCUT2D eigenvalue weighted by atomic mass is 10.5. The van der Waals surface area contributed by atoms with E-state index in [0.29, 0.717) is 5.88 Å². The lowest BCUT2D eigenvalue weighted by Gasteiger charge is -1.93. The first-order chi connectivity index (χ1) is 4.43. The van der Waals surface area contributed by atoms with Crippen molar-refractivity contribution in [3.63, 3.8) is 0 Å². The van der Waals surface area contributed by atoms with Crippen LogP contribution in [0, 0.1) is 0 Å². The molecule has 1 fully saturated rings. The van der Waals surface area contributed by atoms with Crippen LogP contribution in [0.1, 0.15) is 12.8 Å². The van der Waals surface area contributed by atoms with Gasteiger partial charge in [-0.25, -0.2) is 0 Å². The van der Waals surface area contributed by atoms with E-state index in [1.165, 1.54) is 12.8 Å². The number of allylic oxidation sites excluding steroid dienone is 1. The standard InChI is InChI=1S/C7H12ClN/c8-5-1-2-6-9-7-3-4-7/h1-2,7,9H,3-6H2/b2-1+. The topological polar surface area (TPSA) is 12.0 Å². The van der Waals surface area contributed by atoms with E-state index in [1.54, 1.807) is 0 Å². The number of nitrogens with one attached hydrogen (secondary N) is 1. The van der Waals surface area contributed by atoms with Gasteiger partial charge in [-0.05, 0) is 12.8 Å². The molecule has 1 aliphatic rings. The van der Waals surface area contributed by atoms with Gasteiger partial charge in [0, 0.05) is 18.5 Å². The normalized spacial score (nSPS) is 19.2. The van der Waals surface area contributed by atoms with E-state index in [0.717, 1.165) is 12.6 Å². The van der Waals surface area contributed by atoms with Gasteiger partial charge >= 0.3 is 0 Å². The van der Waals surface area contributed by atoms with Gasteiger partial charge in [0.05, 0.1) is 0 Å². The fourth-order valence-corrected chi connectivity index (χ4v) is 0.794. The van der Waals surface area contributed by atoms with Gasteiger partial charge in [-0.3, -0.25) is 0 Å². The molecule has 0 aromatic heterocycles. The smallest absolute Gasteiger partial charge is 0.0404 e. The molecule has 0 aromatic carbocycles. The first-order valence-corrected chi connectivity index (χ1v) is 3.91. The van der Waals surface area contributed by atoms with Crippen molar-refractivity contribution in [2.45, 2.75) is 18.9 Å². The second-order valence-corrected chi connectivity index (χ2v) is 2.62. The van der Waals surface area contributed by atoms with Gasteiger partial charge in [0.2, 0.25) is 0 Å². The quantitative estimate of drug-likeness (QED) is 0.468. The summed E-state index contributed by atoms with van der Waals surface area (Å²) < 4.78 is 0. The van der Waals surface area contributed by atoms with Crippen molar-refractivity contribution in [2.24, 2.45) is 0 Å². The Balaban J connectivity index is 1.85. The van der Waals surface area contributed by atoms with Crippen LogP contribution in [0.3, 0.4) is 0 Å². The second kappa shape index (κ2) is 3.91. The second-order valence-electron chi connectivity index (χ2n) is 2.31. The van der Waals surface area contributed by atoms with Gasteiger partial charge in [-0.2, -0.15) is 0 Å². The largest absolute Gasteiger partial charge is 0.311 e. The summed E-state index contributed by atoms with van der Waals surface area (Å²) in [6.07, 6.45) is 6.76. The summed E-state index contributed by atoms with van der Waals surface area (Å²) in [6, 6.07) is 0.810. The zero-order valence-corrected chi connectivity index (χ0v) is 6.19. The van der Waals surface area contributed by atoms with E-state index < -0.39 is 0 Å². The fraction of sp³-hybridized carbons (Fsp3) is 0.714. The molecule has 0 saturated heterocycles. The third-order valence-corrected chi connectivity index (χ3v) is 1.54. The Bertz CT molecular complexity index is 97.1. The molecule has 9 heavy (non-hydrogen) atoms. The summed E-state index contributed by atoms with van der Waals surface area (Å²) in [6.45, 7) is 0.984. The molecule has 1 aliphatic carbocycles. The van der Waals surface area contributed by atoms with Gasteiger partial charge in [0.1, 0.15) is 0 Å². The van der Waals surface area contributed by atoms with Crippen molar-refractivity contribution in [1.29, 1.82) is 0 Å². The highest BCUT2D eigenvalue weighted by molar-refractivity contribution is 6.18. The molecule has 0 aliphatic heterocycles. The monoisotopic (exact) mass is 145 g/mol. The maximum atomic E-state index is 5.42. The minimum Gasteiger partial charge on any atom is -0.311 e. The van der Waals surface area contributed by atoms with Gasteiger partial charge in [-0.15, -0.1) is 11.6 Å². The van der Waals surface area contributed by atoms with Crippen molar-refractivity contribution in [1.82, 2.24) is 5.32 Å². The van der Waals surface area contributed by atoms with Crippen LogP contribution in [0.2, 0.25) is 0 Å². The first-order valence-electron chi connectivity index (χ1n) is 3.38. The highest BCUT2D eigenvalue weighted by atomic mass is 35.5. The van der Waals surface area contributed by atoms with Gasteiger partial charge in [-0.1, -0.05) is 12.2 Å². The molecule has 0 heterocycles. The summed E-state index contributed by atoms with van der Waals surface area (Å²) in [5, 5.41) is 3.35. The Morgan fingerprint density at radius 2 is 2.22 bits per heavy atom. The first kappa shape index (κ1) is 7.10. The minimum absolute atomic E-state index is 0.631. The summed E-state index contributed by atoms with van der Waals surface area (Å²) >= 11 is 5.42. The Morgan fingerprint density at radius 3 is 2.78 bits per heavy atom. The predicted octanol–water partition coefficient (Wildman–Crippen LogP) is 1.53. The zero-order valence-electron chi connectivity index (χ0n) is 5.44. The third kappa shape index (κ3) is 3.55. The molecule has 0 spiro atoms. The SMILES string of the molecule is ClC/C=C/CNC1CC1. The van der Waals surface area contributed by atoms with Gasteiger partial charge in [0.25, 0.3) is 0 Å². The van der Waals surface area contributed by atoms with Crippen molar-refractivity contribution < 1.29 is 0 Å². The predicted molar refractivity (Wildman–Crippen MR) is 40.9 cm³/mol. The molecular formula is C7H12ClN. The molecule has 0 unspecified atom stereocenters. The minimum atomic E-state index is 0.631. The van der Waals surface area contributed by atoms with Crippen LogP contribution in [-0.4, -0.2) is 18.5 Å². The van der Waals surface area contributed by atoms with E-state index in [9.17, 15) is 0 Å². The Labute approximate surface area is 61.1 Å². The van der Waals surface area contributed by atoms with Crippen LogP contribution >= 0.6 is 11.6 Å². The summed E-state index contributed by atoms with van der Waals surface area (Å²) in [4.78, 5) is 0. The number of rotatable bonds is 4. The highest BCUT2D eigenvalue weighted by Gasteiger charge is 2.18. The van der Waals surface area contributed by atoms with Crippen LogP contribution in [0.4, 0.5) is 0 Å². The number of alkyl halides is 1. The Morgan fingerprint density at radius 1 is 1.44 bits per heavy atom. The highest BCUT2D eigenvalue weighted by Crippen LogP contribution is 2.17. The van der Waals surface area contributed by atoms with E-state index in [-0.39, 0.29) is 0 Å². The Hall–Kier alpha value is -0.0100. The molecular weight excluding hydrogens is 134 g/mol. The molecule has 0 bridgehead atoms. The van der Waals surface area contributed by atoms with Crippen LogP contribution in [-0.2, 0) is 0 Å². The molecule has 1 saturated carbocycles. The van der Waals surface area contributed by atoms with Crippen LogP contribution in [0.15, 0.2) is 12.2 Å². The molecule has 0 atom stereocenters. The average Bonchev–Trinajstić information content (AvgIpc) is 2.63. The number of hydrogen-bond donors (Lipinski definition) is 1. The third-order valence-electron chi connectivity index (χ3n) is 1.36. The fourth-order valence-electron chi connectivity index (χ4n) is 0.668. The van der Waals surface area contributed by atoms with Gasteiger partial charge in [0.15, 0.2) is 0 Å². The van der Waals surface area contributed by atoms with E-state index in [4.69, 9.17) is 11.6 Å². The average molecular weight is 146 g/mol. The number of halogens is 1. The molecule has 1 N–H and O–H groups in total. The van der Waals surface area contributed by atoms with Crippen molar-refractivity contribution in [2.75, 3.05) is 12.4 Å². The van der Waals surface area contributed by atoms with Crippen LogP contribution in [0.25, 0.3) is 0 Å². The van der Waals surface area contributed by atoms with E-state index >= 15 is 0 Å². The maximum Gasteiger partial charge on any atom is 0.0404 e. The zero-order chi connectivity index (χ0) is 6.53. The summed E-state index contributed by atoms with van der Waals surface area (Å²) in [5.41, 5.74) is 0. The number of hydrogen-bond acceptors (Lipinski definition) is 1. The summed E-state index contributed by atoms with van der Waals surface area (Å²) in [7, 11) is 0. The maximum absolute atomic E-state index is 5.42. The molecule has 1 nitrogen and oxygen atoms in total. The van der Waals surface area contributed by atoms with Crippen molar-refractivity contribution in [3.05, 3.63) is 12.2 Å². The molecule has 0 radical (unpaired) electrons. The van der Waals surface area contributed by atoms with E-state index in [1.807, 2.05) is 6.08 Å². The van der Waals surface area contributed by atoms with Crippen molar-refractivity contribution in [3.8, 4) is 0 Å². The van der Waals surface area contributed by atoms with Crippen LogP contribution in [0.5, 0.6) is 0 Å². The molecule has 0 amide bonds. The molecule has 0 aromatic rings. The molecule has 1 rings (SSSR count). The van der Waals surface area contributed by atoms with E-state index in [2.05, 4.69) is 11.4 Å². The molecule has 2 heteroatoms. The molecule has 52 valence electrons.